The first kappa shape index (κ1) is 12.5. The Morgan fingerprint density at radius 2 is 2.47 bits per heavy atom. The highest BCUT2D eigenvalue weighted by molar-refractivity contribution is 5.75. The maximum absolute atomic E-state index is 11.4. The van der Waals surface area contributed by atoms with Gasteiger partial charge in [-0.3, -0.25) is 4.79 Å². The van der Waals surface area contributed by atoms with E-state index in [4.69, 9.17) is 4.74 Å². The summed E-state index contributed by atoms with van der Waals surface area (Å²) >= 11 is 0. The van der Waals surface area contributed by atoms with Gasteiger partial charge in [-0.05, 0) is 32.7 Å². The molecule has 1 fully saturated rings. The SMILES string of the molecule is CCOCCNC(=O)CCC1CCCN1. The van der Waals surface area contributed by atoms with Gasteiger partial charge in [0.25, 0.3) is 0 Å². The molecule has 0 radical (unpaired) electrons. The first-order chi connectivity index (χ1) is 7.33. The highest BCUT2D eigenvalue weighted by atomic mass is 16.5. The lowest BCUT2D eigenvalue weighted by molar-refractivity contribution is -0.121. The number of carbonyl (C=O) groups excluding carboxylic acids is 1. The molecule has 1 aliphatic rings. The van der Waals surface area contributed by atoms with E-state index >= 15 is 0 Å². The summed E-state index contributed by atoms with van der Waals surface area (Å²) in [7, 11) is 0. The van der Waals surface area contributed by atoms with Crippen LogP contribution in [0, 0.1) is 0 Å². The first-order valence-corrected chi connectivity index (χ1v) is 5.90. The molecule has 0 aromatic rings. The van der Waals surface area contributed by atoms with Crippen LogP contribution in [-0.4, -0.2) is 38.3 Å². The Labute approximate surface area is 91.8 Å². The lowest BCUT2D eigenvalue weighted by Gasteiger charge is -2.09. The molecule has 4 nitrogen and oxygen atoms in total. The zero-order chi connectivity index (χ0) is 10.9. The van der Waals surface area contributed by atoms with Gasteiger partial charge in [0, 0.05) is 25.6 Å². The van der Waals surface area contributed by atoms with E-state index in [1.165, 1.54) is 12.8 Å². The Balaban J connectivity index is 1.93. The van der Waals surface area contributed by atoms with E-state index in [-0.39, 0.29) is 5.91 Å². The van der Waals surface area contributed by atoms with Crippen LogP contribution in [0.15, 0.2) is 0 Å². The average Bonchev–Trinajstić information content (AvgIpc) is 2.74. The van der Waals surface area contributed by atoms with Crippen molar-refractivity contribution in [2.24, 2.45) is 0 Å². The van der Waals surface area contributed by atoms with Gasteiger partial charge in [0.2, 0.25) is 5.91 Å². The third-order valence-corrected chi connectivity index (χ3v) is 2.65. The Hall–Kier alpha value is -0.610. The first-order valence-electron chi connectivity index (χ1n) is 5.90. The standard InChI is InChI=1S/C11H22N2O2/c1-2-15-9-8-13-11(14)6-5-10-4-3-7-12-10/h10,12H,2-9H2,1H3,(H,13,14). The molecule has 0 aromatic heterocycles. The highest BCUT2D eigenvalue weighted by Crippen LogP contribution is 2.10. The molecule has 2 N–H and O–H groups in total. The molecule has 0 aliphatic carbocycles. The van der Waals surface area contributed by atoms with Gasteiger partial charge in [-0.15, -0.1) is 0 Å². The third kappa shape index (κ3) is 5.74. The summed E-state index contributed by atoms with van der Waals surface area (Å²) in [4.78, 5) is 11.4. The molecular weight excluding hydrogens is 192 g/mol. The largest absolute Gasteiger partial charge is 0.380 e. The number of nitrogens with one attached hydrogen (secondary N) is 2. The summed E-state index contributed by atoms with van der Waals surface area (Å²) in [5, 5.41) is 6.23. The van der Waals surface area contributed by atoms with E-state index < -0.39 is 0 Å². The topological polar surface area (TPSA) is 50.4 Å². The molecule has 15 heavy (non-hydrogen) atoms. The van der Waals surface area contributed by atoms with Gasteiger partial charge in [-0.25, -0.2) is 0 Å². The number of carbonyl (C=O) groups is 1. The summed E-state index contributed by atoms with van der Waals surface area (Å²) in [6.45, 7) is 5.01. The van der Waals surface area contributed by atoms with Gasteiger partial charge < -0.3 is 15.4 Å². The molecule has 0 bridgehead atoms. The van der Waals surface area contributed by atoms with Crippen molar-refractivity contribution in [2.45, 2.75) is 38.6 Å². The number of ether oxygens (including phenoxy) is 1. The molecule has 1 saturated heterocycles. The molecule has 1 aliphatic heterocycles. The molecule has 4 heteroatoms. The van der Waals surface area contributed by atoms with E-state index in [0.717, 1.165) is 13.0 Å². The summed E-state index contributed by atoms with van der Waals surface area (Å²) < 4.78 is 5.13. The quantitative estimate of drug-likeness (QED) is 0.612. The van der Waals surface area contributed by atoms with Crippen LogP contribution in [0.1, 0.15) is 32.6 Å². The predicted molar refractivity (Wildman–Crippen MR) is 59.8 cm³/mol. The minimum Gasteiger partial charge on any atom is -0.380 e. The molecular formula is C11H22N2O2. The van der Waals surface area contributed by atoms with Gasteiger partial charge in [0.15, 0.2) is 0 Å². The Morgan fingerprint density at radius 3 is 3.13 bits per heavy atom. The molecule has 0 aromatic carbocycles. The third-order valence-electron chi connectivity index (χ3n) is 2.65. The van der Waals surface area contributed by atoms with E-state index in [2.05, 4.69) is 10.6 Å². The molecule has 0 spiro atoms. The van der Waals surface area contributed by atoms with Crippen LogP contribution in [0.2, 0.25) is 0 Å². The van der Waals surface area contributed by atoms with Gasteiger partial charge in [-0.1, -0.05) is 0 Å². The molecule has 1 rings (SSSR count). The van der Waals surface area contributed by atoms with Crippen LogP contribution in [0.4, 0.5) is 0 Å². The van der Waals surface area contributed by atoms with Crippen molar-refractivity contribution in [1.82, 2.24) is 10.6 Å². The zero-order valence-corrected chi connectivity index (χ0v) is 9.55. The van der Waals surface area contributed by atoms with E-state index in [0.29, 0.717) is 32.2 Å². The van der Waals surface area contributed by atoms with Crippen LogP contribution in [-0.2, 0) is 9.53 Å². The smallest absolute Gasteiger partial charge is 0.220 e. The van der Waals surface area contributed by atoms with Crippen LogP contribution < -0.4 is 10.6 Å². The van der Waals surface area contributed by atoms with Crippen LogP contribution >= 0.6 is 0 Å². The van der Waals surface area contributed by atoms with Gasteiger partial charge >= 0.3 is 0 Å². The number of hydrogen-bond acceptors (Lipinski definition) is 3. The normalized spacial score (nSPS) is 20.5. The molecule has 1 atom stereocenters. The van der Waals surface area contributed by atoms with Crippen molar-refractivity contribution in [3.05, 3.63) is 0 Å². The monoisotopic (exact) mass is 214 g/mol. The molecule has 88 valence electrons. The molecule has 1 unspecified atom stereocenters. The minimum atomic E-state index is 0.142. The van der Waals surface area contributed by atoms with Crippen LogP contribution in [0.25, 0.3) is 0 Å². The van der Waals surface area contributed by atoms with Crippen molar-refractivity contribution in [1.29, 1.82) is 0 Å². The summed E-state index contributed by atoms with van der Waals surface area (Å²) in [5.41, 5.74) is 0. The highest BCUT2D eigenvalue weighted by Gasteiger charge is 2.14. The van der Waals surface area contributed by atoms with E-state index in [1.54, 1.807) is 0 Å². The van der Waals surface area contributed by atoms with Gasteiger partial charge in [-0.2, -0.15) is 0 Å². The van der Waals surface area contributed by atoms with Crippen molar-refractivity contribution < 1.29 is 9.53 Å². The fraction of sp³-hybridized carbons (Fsp3) is 0.909. The zero-order valence-electron chi connectivity index (χ0n) is 9.55. The second-order valence-corrected chi connectivity index (χ2v) is 3.88. The van der Waals surface area contributed by atoms with Crippen molar-refractivity contribution >= 4 is 5.91 Å². The van der Waals surface area contributed by atoms with Crippen molar-refractivity contribution in [3.8, 4) is 0 Å². The lowest BCUT2D eigenvalue weighted by Crippen LogP contribution is -2.29. The Bertz CT molecular complexity index is 179. The van der Waals surface area contributed by atoms with Crippen molar-refractivity contribution in [2.75, 3.05) is 26.3 Å². The molecule has 0 saturated carbocycles. The van der Waals surface area contributed by atoms with Crippen LogP contribution in [0.5, 0.6) is 0 Å². The van der Waals surface area contributed by atoms with Gasteiger partial charge in [0.05, 0.1) is 6.61 Å². The predicted octanol–water partition coefficient (Wildman–Crippen LogP) is 0.671. The second kappa shape index (κ2) is 7.65. The fourth-order valence-corrected chi connectivity index (χ4v) is 1.80. The van der Waals surface area contributed by atoms with E-state index in [9.17, 15) is 4.79 Å². The number of rotatable bonds is 7. The average molecular weight is 214 g/mol. The number of amides is 1. The Kier molecular flexibility index (Phi) is 6.36. The summed E-state index contributed by atoms with van der Waals surface area (Å²) in [6, 6.07) is 0.558. The fourth-order valence-electron chi connectivity index (χ4n) is 1.80. The van der Waals surface area contributed by atoms with Crippen molar-refractivity contribution in [3.63, 3.8) is 0 Å². The lowest BCUT2D eigenvalue weighted by atomic mass is 10.1. The maximum Gasteiger partial charge on any atom is 0.220 e. The second-order valence-electron chi connectivity index (χ2n) is 3.88. The summed E-state index contributed by atoms with van der Waals surface area (Å²) in [5.74, 6) is 0.142. The van der Waals surface area contributed by atoms with E-state index in [1.807, 2.05) is 6.92 Å². The number of hydrogen-bond donors (Lipinski definition) is 2. The minimum absolute atomic E-state index is 0.142. The summed E-state index contributed by atoms with van der Waals surface area (Å²) in [6.07, 6.45) is 4.05. The van der Waals surface area contributed by atoms with Gasteiger partial charge in [0.1, 0.15) is 0 Å². The Morgan fingerprint density at radius 1 is 1.60 bits per heavy atom. The molecule has 1 heterocycles. The maximum atomic E-state index is 11.4. The molecule has 1 amide bonds. The van der Waals surface area contributed by atoms with Crippen LogP contribution in [0.3, 0.4) is 0 Å².